The smallest absolute Gasteiger partial charge is 0.338 e. The van der Waals surface area contributed by atoms with Gasteiger partial charge in [0.25, 0.3) is 5.91 Å². The number of ketones is 1. The van der Waals surface area contributed by atoms with E-state index in [9.17, 15) is 33.4 Å². The Morgan fingerprint density at radius 2 is 1.57 bits per heavy atom. The number of phenols is 2. The number of nitrogens with one attached hydrogen (secondary N) is 2. The fourth-order valence-corrected chi connectivity index (χ4v) is 4.88. The molecule has 1 saturated heterocycles. The van der Waals surface area contributed by atoms with Crippen LogP contribution >= 0.6 is 12.4 Å². The quantitative estimate of drug-likeness (QED) is 0.214. The van der Waals surface area contributed by atoms with Gasteiger partial charge in [0.15, 0.2) is 5.78 Å². The summed E-state index contributed by atoms with van der Waals surface area (Å²) in [4.78, 5) is 38.9. The van der Waals surface area contributed by atoms with E-state index >= 15 is 0 Å². The molecule has 3 aromatic carbocycles. The number of hydrogen-bond acceptors (Lipinski definition) is 7. The van der Waals surface area contributed by atoms with E-state index < -0.39 is 46.8 Å². The minimum absolute atomic E-state index is 0. The Kier molecular flexibility index (Phi) is 11.0. The molecule has 224 valence electrons. The van der Waals surface area contributed by atoms with Gasteiger partial charge in [-0.1, -0.05) is 26.0 Å². The molecule has 4 rings (SSSR count). The summed E-state index contributed by atoms with van der Waals surface area (Å²) in [5.74, 6) is -4.73. The maximum atomic E-state index is 14.1. The highest BCUT2D eigenvalue weighted by atomic mass is 35.5. The normalized spacial score (nSPS) is 16.6. The molecule has 0 radical (unpaired) electrons. The lowest BCUT2D eigenvalue weighted by atomic mass is 9.99. The number of esters is 1. The Morgan fingerprint density at radius 1 is 0.952 bits per heavy atom. The number of rotatable bonds is 8. The van der Waals surface area contributed by atoms with Gasteiger partial charge in [0, 0.05) is 29.8 Å². The molecule has 0 spiro atoms. The number of ether oxygens (including phenoxy) is 1. The summed E-state index contributed by atoms with van der Waals surface area (Å²) in [6.45, 7) is 4.86. The van der Waals surface area contributed by atoms with Crippen LogP contribution in [0.1, 0.15) is 74.5 Å². The van der Waals surface area contributed by atoms with Crippen LogP contribution in [0.15, 0.2) is 48.5 Å². The molecule has 8 nitrogen and oxygen atoms in total. The van der Waals surface area contributed by atoms with Crippen molar-refractivity contribution in [2.45, 2.75) is 51.7 Å². The van der Waals surface area contributed by atoms with Crippen LogP contribution in [0, 0.1) is 11.6 Å². The fourth-order valence-electron chi connectivity index (χ4n) is 4.88. The molecule has 11 heteroatoms. The number of benzene rings is 3. The van der Waals surface area contributed by atoms with Crippen molar-refractivity contribution >= 4 is 30.1 Å². The first-order chi connectivity index (χ1) is 19.6. The molecule has 1 amide bonds. The molecular formula is C31H33ClF2N2O6. The summed E-state index contributed by atoms with van der Waals surface area (Å²) >= 11 is 0. The third-order valence-electron chi connectivity index (χ3n) is 7.17. The number of carbonyl (C=O) groups is 3. The number of amides is 1. The third-order valence-corrected chi connectivity index (χ3v) is 7.17. The van der Waals surface area contributed by atoms with Crippen LogP contribution in [-0.2, 0) is 17.6 Å². The predicted molar refractivity (Wildman–Crippen MR) is 155 cm³/mol. The molecule has 3 aromatic rings. The van der Waals surface area contributed by atoms with Crippen molar-refractivity contribution in [3.8, 4) is 11.5 Å². The number of phenolic OH excluding ortho intramolecular Hbond substituents is 2. The summed E-state index contributed by atoms with van der Waals surface area (Å²) in [5.41, 5.74) is 1.21. The molecule has 0 aliphatic carbocycles. The summed E-state index contributed by atoms with van der Waals surface area (Å²) in [5, 5.41) is 26.5. The van der Waals surface area contributed by atoms with Crippen molar-refractivity contribution in [2.24, 2.45) is 0 Å². The molecule has 1 fully saturated rings. The van der Waals surface area contributed by atoms with Gasteiger partial charge in [0.05, 0.1) is 11.6 Å². The molecule has 1 heterocycles. The van der Waals surface area contributed by atoms with Crippen LogP contribution in [0.5, 0.6) is 11.5 Å². The Balaban J connectivity index is 0.00000484. The maximum Gasteiger partial charge on any atom is 0.338 e. The maximum absolute atomic E-state index is 14.1. The zero-order chi connectivity index (χ0) is 29.7. The molecule has 2 atom stereocenters. The Morgan fingerprint density at radius 3 is 2.17 bits per heavy atom. The molecule has 0 saturated carbocycles. The SMILES string of the molecule is CCc1cc(C(=O)N[C@@H]2CNCCC[C@H]2OC(=O)c2ccc(C(=O)c3c(O)cc(F)cc3F)cc2)cc(CC)c1O.Cl. The second-order valence-electron chi connectivity index (χ2n) is 9.91. The second kappa shape index (κ2) is 14.2. The van der Waals surface area contributed by atoms with E-state index in [4.69, 9.17) is 4.74 Å². The molecule has 42 heavy (non-hydrogen) atoms. The number of aromatic hydroxyl groups is 2. The Hall–Kier alpha value is -4.02. The van der Waals surface area contributed by atoms with Gasteiger partial charge in [0.2, 0.25) is 0 Å². The lowest BCUT2D eigenvalue weighted by Crippen LogP contribution is -2.49. The van der Waals surface area contributed by atoms with Crippen LogP contribution in [0.2, 0.25) is 0 Å². The van der Waals surface area contributed by atoms with Gasteiger partial charge >= 0.3 is 5.97 Å². The molecule has 4 N–H and O–H groups in total. The van der Waals surface area contributed by atoms with Gasteiger partial charge in [-0.3, -0.25) is 9.59 Å². The van der Waals surface area contributed by atoms with Crippen LogP contribution in [0.4, 0.5) is 8.78 Å². The van der Waals surface area contributed by atoms with E-state index in [0.717, 1.165) is 0 Å². The van der Waals surface area contributed by atoms with E-state index in [1.807, 2.05) is 13.8 Å². The van der Waals surface area contributed by atoms with Gasteiger partial charge in [-0.15, -0.1) is 12.4 Å². The summed E-state index contributed by atoms with van der Waals surface area (Å²) in [6.07, 6.45) is 1.70. The number of hydrogen-bond donors (Lipinski definition) is 4. The fraction of sp³-hybridized carbons (Fsp3) is 0.323. The summed E-state index contributed by atoms with van der Waals surface area (Å²) in [7, 11) is 0. The van der Waals surface area contributed by atoms with Crippen molar-refractivity contribution in [2.75, 3.05) is 13.1 Å². The molecule has 0 unspecified atom stereocenters. The highest BCUT2D eigenvalue weighted by Crippen LogP contribution is 2.27. The van der Waals surface area contributed by atoms with E-state index in [-0.39, 0.29) is 35.2 Å². The highest BCUT2D eigenvalue weighted by molar-refractivity contribution is 6.11. The lowest BCUT2D eigenvalue weighted by molar-refractivity contribution is 0.0192. The van der Waals surface area contributed by atoms with E-state index in [1.165, 1.54) is 24.3 Å². The van der Waals surface area contributed by atoms with Crippen LogP contribution in [-0.4, -0.2) is 53.1 Å². The standard InChI is InChI=1S/C31H32F2N2O6.ClH/c1-3-17-12-21(13-18(4-2)28(17)37)30(39)35-24-16-34-11-5-6-26(24)41-31(40)20-9-7-19(8-10-20)29(38)27-23(33)14-22(32)15-25(27)36;/h7-10,12-15,24,26,34,36-37H,3-6,11,16H2,1-2H3,(H,35,39);1H/t24-,26-;/m1./s1. The molecular weight excluding hydrogens is 570 g/mol. The van der Waals surface area contributed by atoms with Crippen molar-refractivity contribution in [3.63, 3.8) is 0 Å². The van der Waals surface area contributed by atoms with Crippen LogP contribution in [0.25, 0.3) is 0 Å². The van der Waals surface area contributed by atoms with E-state index in [1.54, 1.807) is 12.1 Å². The number of aryl methyl sites for hydroxylation is 2. The minimum atomic E-state index is -1.20. The van der Waals surface area contributed by atoms with E-state index in [2.05, 4.69) is 10.6 Å². The zero-order valence-corrected chi connectivity index (χ0v) is 24.0. The number of carbonyl (C=O) groups excluding carboxylic acids is 3. The first-order valence-corrected chi connectivity index (χ1v) is 13.5. The summed E-state index contributed by atoms with van der Waals surface area (Å²) < 4.78 is 33.2. The average molecular weight is 603 g/mol. The van der Waals surface area contributed by atoms with Gasteiger partial charge in [-0.2, -0.15) is 0 Å². The van der Waals surface area contributed by atoms with Gasteiger partial charge in [-0.05, 0) is 67.6 Å². The molecule has 0 bridgehead atoms. The molecule has 1 aliphatic heterocycles. The first-order valence-electron chi connectivity index (χ1n) is 13.5. The highest BCUT2D eigenvalue weighted by Gasteiger charge is 2.30. The van der Waals surface area contributed by atoms with Crippen LogP contribution < -0.4 is 10.6 Å². The van der Waals surface area contributed by atoms with Crippen molar-refractivity contribution in [3.05, 3.63) is 93.5 Å². The molecule has 1 aliphatic rings. The third kappa shape index (κ3) is 7.24. The Bertz CT molecular complexity index is 1420. The largest absolute Gasteiger partial charge is 0.507 e. The van der Waals surface area contributed by atoms with Crippen LogP contribution in [0.3, 0.4) is 0 Å². The van der Waals surface area contributed by atoms with Crippen molar-refractivity contribution in [1.82, 2.24) is 10.6 Å². The van der Waals surface area contributed by atoms with Crippen molar-refractivity contribution in [1.29, 1.82) is 0 Å². The zero-order valence-electron chi connectivity index (χ0n) is 23.2. The first kappa shape index (κ1) is 32.5. The lowest BCUT2D eigenvalue weighted by Gasteiger charge is -2.26. The van der Waals surface area contributed by atoms with Gasteiger partial charge in [-0.25, -0.2) is 13.6 Å². The number of halogens is 3. The topological polar surface area (TPSA) is 125 Å². The van der Waals surface area contributed by atoms with Gasteiger partial charge in [0.1, 0.15) is 34.8 Å². The predicted octanol–water partition coefficient (Wildman–Crippen LogP) is 4.86. The minimum Gasteiger partial charge on any atom is -0.507 e. The second-order valence-corrected chi connectivity index (χ2v) is 9.91. The van der Waals surface area contributed by atoms with E-state index in [0.29, 0.717) is 67.6 Å². The summed E-state index contributed by atoms with van der Waals surface area (Å²) in [6, 6.07) is 9.20. The van der Waals surface area contributed by atoms with Gasteiger partial charge < -0.3 is 25.6 Å². The molecule has 0 aromatic heterocycles. The average Bonchev–Trinajstić information content (AvgIpc) is 3.17. The van der Waals surface area contributed by atoms with Crippen molar-refractivity contribution < 1.29 is 38.1 Å². The monoisotopic (exact) mass is 602 g/mol. The Labute approximate surface area is 248 Å².